The Morgan fingerprint density at radius 3 is 2.65 bits per heavy atom. The van der Waals surface area contributed by atoms with Gasteiger partial charge in [0, 0.05) is 50.8 Å². The number of ether oxygens (including phenoxy) is 1. The van der Waals surface area contributed by atoms with Crippen LogP contribution in [0, 0.1) is 5.92 Å². The molecule has 2 fully saturated rings. The van der Waals surface area contributed by atoms with Gasteiger partial charge < -0.3 is 19.9 Å². The largest absolute Gasteiger partial charge is 0.383 e. The molecule has 0 radical (unpaired) electrons. The maximum Gasteiger partial charge on any atom is 0.193 e. The van der Waals surface area contributed by atoms with Crippen LogP contribution < -0.4 is 5.32 Å². The van der Waals surface area contributed by atoms with E-state index in [0.29, 0.717) is 4.75 Å². The molecule has 1 N–H and O–H groups in total. The molecular formula is C17H34N4OS. The molecule has 0 spiro atoms. The first-order valence-electron chi connectivity index (χ1n) is 8.85. The summed E-state index contributed by atoms with van der Waals surface area (Å²) >= 11 is 2.06. The molecule has 6 heteroatoms. The fourth-order valence-electron chi connectivity index (χ4n) is 3.40. The lowest BCUT2D eigenvalue weighted by atomic mass is 9.97. The average molecular weight is 343 g/mol. The molecule has 0 aromatic carbocycles. The van der Waals surface area contributed by atoms with E-state index < -0.39 is 0 Å². The summed E-state index contributed by atoms with van der Waals surface area (Å²) in [5.41, 5.74) is 0. The summed E-state index contributed by atoms with van der Waals surface area (Å²) in [6.45, 7) is 12.2. The van der Waals surface area contributed by atoms with Gasteiger partial charge in [-0.2, -0.15) is 11.8 Å². The van der Waals surface area contributed by atoms with Crippen LogP contribution in [0.25, 0.3) is 0 Å². The van der Waals surface area contributed by atoms with E-state index in [1.165, 1.54) is 31.7 Å². The zero-order valence-corrected chi connectivity index (χ0v) is 16.1. The molecule has 2 rings (SSSR count). The van der Waals surface area contributed by atoms with E-state index >= 15 is 0 Å². The Labute approximate surface area is 146 Å². The topological polar surface area (TPSA) is 40.1 Å². The fourth-order valence-corrected chi connectivity index (χ4v) is 4.51. The molecule has 2 aliphatic rings. The van der Waals surface area contributed by atoms with Gasteiger partial charge >= 0.3 is 0 Å². The molecular weight excluding hydrogens is 308 g/mol. The highest BCUT2D eigenvalue weighted by Crippen LogP contribution is 2.29. The van der Waals surface area contributed by atoms with Crippen LogP contribution in [-0.4, -0.2) is 86.3 Å². The van der Waals surface area contributed by atoms with Crippen molar-refractivity contribution in [1.82, 2.24) is 15.1 Å². The Hall–Kier alpha value is -0.460. The highest BCUT2D eigenvalue weighted by atomic mass is 32.2. The second-order valence-corrected chi connectivity index (χ2v) is 9.04. The van der Waals surface area contributed by atoms with Gasteiger partial charge in [-0.05, 0) is 45.7 Å². The molecule has 0 unspecified atom stereocenters. The number of guanidine groups is 1. The van der Waals surface area contributed by atoms with Crippen molar-refractivity contribution in [3.63, 3.8) is 0 Å². The maximum atomic E-state index is 5.17. The van der Waals surface area contributed by atoms with Gasteiger partial charge in [-0.3, -0.25) is 4.99 Å². The third kappa shape index (κ3) is 6.16. The minimum atomic E-state index is 0.322. The van der Waals surface area contributed by atoms with Crippen molar-refractivity contribution < 1.29 is 4.74 Å². The number of thioether (sulfide) groups is 1. The first kappa shape index (κ1) is 18.9. The average Bonchev–Trinajstić information content (AvgIpc) is 2.54. The van der Waals surface area contributed by atoms with Gasteiger partial charge in [-0.1, -0.05) is 0 Å². The second kappa shape index (κ2) is 9.14. The lowest BCUT2D eigenvalue weighted by Crippen LogP contribution is -2.52. The smallest absolute Gasteiger partial charge is 0.193 e. The highest BCUT2D eigenvalue weighted by molar-refractivity contribution is 8.00. The first-order valence-corrected chi connectivity index (χ1v) is 9.83. The van der Waals surface area contributed by atoms with Gasteiger partial charge in [-0.15, -0.1) is 0 Å². The molecule has 2 heterocycles. The van der Waals surface area contributed by atoms with E-state index in [1.54, 1.807) is 7.11 Å². The molecule has 0 aromatic heterocycles. The van der Waals surface area contributed by atoms with Gasteiger partial charge in [0.1, 0.15) is 0 Å². The third-order valence-electron chi connectivity index (χ3n) is 4.80. The van der Waals surface area contributed by atoms with E-state index in [1.807, 2.05) is 7.05 Å². The number of nitrogens with zero attached hydrogens (tertiary/aromatic N) is 3. The van der Waals surface area contributed by atoms with Crippen molar-refractivity contribution in [1.29, 1.82) is 0 Å². The summed E-state index contributed by atoms with van der Waals surface area (Å²) in [6.07, 6.45) is 2.55. The summed E-state index contributed by atoms with van der Waals surface area (Å²) in [7, 11) is 3.69. The monoisotopic (exact) mass is 342 g/mol. The lowest BCUT2D eigenvalue weighted by Gasteiger charge is -2.39. The minimum Gasteiger partial charge on any atom is -0.383 e. The normalized spacial score (nSPS) is 24.0. The lowest BCUT2D eigenvalue weighted by molar-refractivity contribution is 0.120. The Balaban J connectivity index is 1.72. The minimum absolute atomic E-state index is 0.322. The number of nitrogens with one attached hydrogen (secondary N) is 1. The molecule has 5 nitrogen and oxygen atoms in total. The molecule has 0 aliphatic carbocycles. The summed E-state index contributed by atoms with van der Waals surface area (Å²) in [6, 6.07) is 0. The van der Waals surface area contributed by atoms with Gasteiger partial charge in [-0.25, -0.2) is 0 Å². The first-order chi connectivity index (χ1) is 11.0. The van der Waals surface area contributed by atoms with Crippen LogP contribution in [-0.2, 0) is 4.74 Å². The van der Waals surface area contributed by atoms with Crippen LogP contribution in [0.5, 0.6) is 0 Å². The zero-order valence-electron chi connectivity index (χ0n) is 15.3. The fraction of sp³-hybridized carbons (Fsp3) is 0.941. The molecule has 2 aliphatic heterocycles. The van der Waals surface area contributed by atoms with Gasteiger partial charge in [0.2, 0.25) is 0 Å². The van der Waals surface area contributed by atoms with Crippen LogP contribution in [0.3, 0.4) is 0 Å². The number of methoxy groups -OCH3 is 1. The number of likely N-dealkylation sites (tertiary alicyclic amines) is 1. The maximum absolute atomic E-state index is 5.17. The summed E-state index contributed by atoms with van der Waals surface area (Å²) in [5, 5.41) is 3.63. The predicted molar refractivity (Wildman–Crippen MR) is 101 cm³/mol. The van der Waals surface area contributed by atoms with Crippen molar-refractivity contribution >= 4 is 17.7 Å². The molecule has 0 atom stereocenters. The van der Waals surface area contributed by atoms with Crippen molar-refractivity contribution in [2.45, 2.75) is 31.4 Å². The summed E-state index contributed by atoms with van der Waals surface area (Å²) in [4.78, 5) is 9.45. The van der Waals surface area contributed by atoms with Crippen LogP contribution >= 0.6 is 11.8 Å². The molecule has 2 saturated heterocycles. The predicted octanol–water partition coefficient (Wildman–Crippen LogP) is 1.75. The number of piperidine rings is 1. The van der Waals surface area contributed by atoms with Crippen molar-refractivity contribution in [2.75, 3.05) is 65.8 Å². The Morgan fingerprint density at radius 1 is 1.30 bits per heavy atom. The summed E-state index contributed by atoms with van der Waals surface area (Å²) < 4.78 is 5.49. The van der Waals surface area contributed by atoms with E-state index in [9.17, 15) is 0 Å². The SMILES string of the molecule is CN=C(NCC1CCN(CCOC)CC1)N1CCSC(C)(C)C1. The molecule has 0 amide bonds. The van der Waals surface area contributed by atoms with Gasteiger partial charge in [0.15, 0.2) is 5.96 Å². The van der Waals surface area contributed by atoms with Crippen LogP contribution in [0.4, 0.5) is 0 Å². The van der Waals surface area contributed by atoms with Crippen molar-refractivity contribution in [3.8, 4) is 0 Å². The van der Waals surface area contributed by atoms with Crippen LogP contribution in [0.1, 0.15) is 26.7 Å². The van der Waals surface area contributed by atoms with E-state index in [4.69, 9.17) is 4.74 Å². The van der Waals surface area contributed by atoms with E-state index in [0.717, 1.165) is 44.7 Å². The molecule has 23 heavy (non-hydrogen) atoms. The van der Waals surface area contributed by atoms with Crippen LogP contribution in [0.15, 0.2) is 4.99 Å². The Kier molecular flexibility index (Phi) is 7.50. The quantitative estimate of drug-likeness (QED) is 0.609. The van der Waals surface area contributed by atoms with E-state index in [2.05, 4.69) is 45.7 Å². The van der Waals surface area contributed by atoms with Crippen molar-refractivity contribution in [3.05, 3.63) is 0 Å². The number of rotatable bonds is 5. The second-order valence-electron chi connectivity index (χ2n) is 7.24. The Morgan fingerprint density at radius 2 is 2.04 bits per heavy atom. The molecule has 134 valence electrons. The standard InChI is InChI=1S/C17H34N4OS/c1-17(2)14-21(10-12-23-17)16(18-3)19-13-15-5-7-20(8-6-15)9-11-22-4/h15H,5-14H2,1-4H3,(H,18,19). The van der Waals surface area contributed by atoms with Gasteiger partial charge in [0.05, 0.1) is 6.61 Å². The Bertz CT molecular complexity index is 381. The molecule has 0 bridgehead atoms. The zero-order chi connectivity index (χ0) is 16.7. The summed E-state index contributed by atoms with van der Waals surface area (Å²) in [5.74, 6) is 3.03. The number of hydrogen-bond acceptors (Lipinski definition) is 4. The number of aliphatic imine (C=N–C) groups is 1. The van der Waals surface area contributed by atoms with Gasteiger partial charge in [0.25, 0.3) is 0 Å². The van der Waals surface area contributed by atoms with Crippen molar-refractivity contribution in [2.24, 2.45) is 10.9 Å². The van der Waals surface area contributed by atoms with E-state index in [-0.39, 0.29) is 0 Å². The van der Waals surface area contributed by atoms with Crippen LogP contribution in [0.2, 0.25) is 0 Å². The molecule has 0 saturated carbocycles. The third-order valence-corrected chi connectivity index (χ3v) is 6.10. The number of hydrogen-bond donors (Lipinski definition) is 1. The highest BCUT2D eigenvalue weighted by Gasteiger charge is 2.29. The molecule has 0 aromatic rings.